The summed E-state index contributed by atoms with van der Waals surface area (Å²) in [7, 11) is 0. The van der Waals surface area contributed by atoms with E-state index in [2.05, 4.69) is 181 Å². The number of furan rings is 1. The Bertz CT molecular complexity index is 3650. The molecule has 1 unspecified atom stereocenters. The van der Waals surface area contributed by atoms with Crippen LogP contribution >= 0.6 is 0 Å². The summed E-state index contributed by atoms with van der Waals surface area (Å²) in [5.41, 5.74) is 20.7. The monoisotopic (exact) mass is 858 g/mol. The molecule has 0 amide bonds. The van der Waals surface area contributed by atoms with Gasteiger partial charge in [0.1, 0.15) is 11.1 Å². The molecule has 5 nitrogen and oxygen atoms in total. The quantitative estimate of drug-likeness (QED) is 0.157. The molecule has 12 rings (SSSR count). The number of rotatable bonds is 9. The van der Waals surface area contributed by atoms with E-state index in [-0.39, 0.29) is 6.04 Å². The van der Waals surface area contributed by atoms with Crippen LogP contribution in [0.15, 0.2) is 248 Å². The minimum atomic E-state index is 0.108. The van der Waals surface area contributed by atoms with E-state index in [1.54, 1.807) is 0 Å². The average Bonchev–Trinajstić information content (AvgIpc) is 3.79. The maximum Gasteiger partial charge on any atom is 0.154 e. The van der Waals surface area contributed by atoms with E-state index >= 15 is 0 Å². The zero-order valence-corrected chi connectivity index (χ0v) is 36.4. The molecular weight excluding hydrogens is 817 g/mol. The van der Waals surface area contributed by atoms with Crippen LogP contribution in [0.3, 0.4) is 0 Å². The van der Waals surface area contributed by atoms with Gasteiger partial charge < -0.3 is 9.73 Å². The maximum absolute atomic E-state index is 6.17. The van der Waals surface area contributed by atoms with E-state index < -0.39 is 0 Å². The molecule has 1 aliphatic rings. The van der Waals surface area contributed by atoms with Gasteiger partial charge in [-0.05, 0) is 110 Å². The van der Waals surface area contributed by atoms with Crippen LogP contribution in [0.2, 0.25) is 0 Å². The zero-order valence-electron chi connectivity index (χ0n) is 36.4. The summed E-state index contributed by atoms with van der Waals surface area (Å²) in [5, 5.41) is 4.67. The normalized spacial score (nSPS) is 13.4. The van der Waals surface area contributed by atoms with Gasteiger partial charge in [-0.15, -0.1) is 0 Å². The van der Waals surface area contributed by atoms with Crippen molar-refractivity contribution in [1.82, 2.24) is 20.3 Å². The molecule has 0 radical (unpaired) electrons. The van der Waals surface area contributed by atoms with Crippen molar-refractivity contribution in [1.29, 1.82) is 0 Å². The highest BCUT2D eigenvalue weighted by molar-refractivity contribution is 6.03. The van der Waals surface area contributed by atoms with E-state index in [4.69, 9.17) is 19.4 Å². The highest BCUT2D eigenvalue weighted by Gasteiger charge is 2.19. The molecule has 67 heavy (non-hydrogen) atoms. The Morgan fingerprint density at radius 2 is 0.866 bits per heavy atom. The summed E-state index contributed by atoms with van der Waals surface area (Å²) in [6.45, 7) is 0. The molecule has 7 aromatic carbocycles. The third kappa shape index (κ3) is 7.69. The number of nitrogens with zero attached hydrogens (tertiary/aromatic N) is 3. The molecule has 5 heterocycles. The molecule has 0 saturated heterocycles. The second-order valence-electron chi connectivity index (χ2n) is 16.8. The van der Waals surface area contributed by atoms with Crippen LogP contribution in [0.4, 0.5) is 0 Å². The molecule has 5 heteroatoms. The fraction of sp³-hybridized carbons (Fsp3) is 0.0161. The Balaban J connectivity index is 0.962. The van der Waals surface area contributed by atoms with Gasteiger partial charge in [-0.25, -0.2) is 0 Å². The largest absolute Gasteiger partial charge is 0.454 e. The van der Waals surface area contributed by atoms with Gasteiger partial charge in [-0.1, -0.05) is 170 Å². The Kier molecular flexibility index (Phi) is 10.2. The van der Waals surface area contributed by atoms with Gasteiger partial charge in [0, 0.05) is 52.4 Å². The summed E-state index contributed by atoms with van der Waals surface area (Å²) in [4.78, 5) is 14.7. The summed E-state index contributed by atoms with van der Waals surface area (Å²) >= 11 is 0. The number of para-hydroxylation sites is 1. The molecule has 1 N–H and O–H groups in total. The second kappa shape index (κ2) is 17.2. The third-order valence-corrected chi connectivity index (χ3v) is 12.7. The van der Waals surface area contributed by atoms with Gasteiger partial charge in [0.25, 0.3) is 0 Å². The fourth-order valence-corrected chi connectivity index (χ4v) is 9.36. The van der Waals surface area contributed by atoms with Crippen molar-refractivity contribution in [3.05, 3.63) is 254 Å². The number of allylic oxidation sites excluding steroid dienone is 2. The molecule has 1 aliphatic heterocycles. The lowest BCUT2D eigenvalue weighted by atomic mass is 9.86. The number of nitrogens with one attached hydrogen (secondary N) is 1. The first-order valence-corrected chi connectivity index (χ1v) is 22.6. The van der Waals surface area contributed by atoms with Crippen molar-refractivity contribution in [2.75, 3.05) is 0 Å². The SMILES string of the molecule is C1=CC(c2ccccc2)NC=C1c1ccccc1-c1cc(-c2ccccc2-c2ccc(-c3ccccc3)nc2)cc(-c2ccccc2-c2ccc(-c3cnc4c(c3)oc3ccccc34)nc2)c1. The minimum Gasteiger partial charge on any atom is -0.454 e. The third-order valence-electron chi connectivity index (χ3n) is 12.7. The number of fused-ring (bicyclic) bond motifs is 3. The number of aromatic nitrogens is 3. The van der Waals surface area contributed by atoms with E-state index in [1.165, 1.54) is 5.56 Å². The molecule has 0 fully saturated rings. The molecule has 0 bridgehead atoms. The lowest BCUT2D eigenvalue weighted by Gasteiger charge is -2.21. The molecule has 0 saturated carbocycles. The Morgan fingerprint density at radius 1 is 0.373 bits per heavy atom. The molecule has 1 atom stereocenters. The predicted octanol–water partition coefficient (Wildman–Crippen LogP) is 15.7. The lowest BCUT2D eigenvalue weighted by molar-refractivity contribution is 0.668. The number of hydrogen-bond acceptors (Lipinski definition) is 5. The zero-order chi connectivity index (χ0) is 44.5. The highest BCUT2D eigenvalue weighted by atomic mass is 16.3. The van der Waals surface area contributed by atoms with E-state index in [1.807, 2.05) is 67.1 Å². The Hall–Kier alpha value is -8.93. The van der Waals surface area contributed by atoms with Gasteiger partial charge in [-0.3, -0.25) is 15.0 Å². The summed E-state index contributed by atoms with van der Waals surface area (Å²) in [5.74, 6) is 0. The molecule has 11 aromatic rings. The van der Waals surface area contributed by atoms with Crippen LogP contribution in [-0.4, -0.2) is 15.0 Å². The standard InChI is InChI=1S/C62H42N4O/c1-3-15-41(16-4-1)57-30-27-43(37-63-57)50-19-7-10-22-53(50)46-33-47(54-23-11-8-20-51(54)44-28-31-58(64-38-44)42-17-5-2-6-18-42)35-48(34-46)55-24-12-9-21-52(55)45-29-32-59(65-39-45)49-36-61-62(66-40-49)56-25-13-14-26-60(56)67-61/h1-40,57,63H. The first-order chi connectivity index (χ1) is 33.2. The van der Waals surface area contributed by atoms with Crippen molar-refractivity contribution in [3.63, 3.8) is 0 Å². The lowest BCUT2D eigenvalue weighted by Crippen LogP contribution is -2.16. The summed E-state index contributed by atoms with van der Waals surface area (Å²) in [6, 6.07) is 72.6. The van der Waals surface area contributed by atoms with E-state index in [0.29, 0.717) is 0 Å². The Morgan fingerprint density at radius 3 is 1.43 bits per heavy atom. The van der Waals surface area contributed by atoms with E-state index in [9.17, 15) is 0 Å². The fourth-order valence-electron chi connectivity index (χ4n) is 9.36. The first-order valence-electron chi connectivity index (χ1n) is 22.6. The molecule has 4 aromatic heterocycles. The van der Waals surface area contributed by atoms with Gasteiger partial charge in [0.15, 0.2) is 5.58 Å². The van der Waals surface area contributed by atoms with Gasteiger partial charge in [0.2, 0.25) is 0 Å². The van der Waals surface area contributed by atoms with E-state index in [0.717, 1.165) is 111 Å². The topological polar surface area (TPSA) is 63.8 Å². The van der Waals surface area contributed by atoms with Crippen LogP contribution < -0.4 is 5.32 Å². The van der Waals surface area contributed by atoms with Gasteiger partial charge in [0.05, 0.1) is 17.4 Å². The first kappa shape index (κ1) is 39.6. The maximum atomic E-state index is 6.17. The average molecular weight is 859 g/mol. The van der Waals surface area contributed by atoms with Crippen LogP contribution in [0.25, 0.3) is 106 Å². The van der Waals surface area contributed by atoms with Crippen LogP contribution in [-0.2, 0) is 0 Å². The predicted molar refractivity (Wildman–Crippen MR) is 275 cm³/mol. The summed E-state index contributed by atoms with van der Waals surface area (Å²) < 4.78 is 6.17. The molecule has 316 valence electrons. The van der Waals surface area contributed by atoms with Crippen LogP contribution in [0, 0.1) is 0 Å². The number of hydrogen-bond donors (Lipinski definition) is 1. The van der Waals surface area contributed by atoms with Gasteiger partial charge >= 0.3 is 0 Å². The smallest absolute Gasteiger partial charge is 0.154 e. The number of benzene rings is 7. The van der Waals surface area contributed by atoms with Crippen molar-refractivity contribution < 1.29 is 4.42 Å². The van der Waals surface area contributed by atoms with Crippen molar-refractivity contribution in [2.45, 2.75) is 6.04 Å². The van der Waals surface area contributed by atoms with Crippen molar-refractivity contribution >= 4 is 27.6 Å². The number of dihydropyridines is 1. The molecular formula is C62H42N4O. The second-order valence-corrected chi connectivity index (χ2v) is 16.8. The van der Waals surface area contributed by atoms with Crippen LogP contribution in [0.5, 0.6) is 0 Å². The number of pyridine rings is 3. The van der Waals surface area contributed by atoms with Gasteiger partial charge in [-0.2, -0.15) is 0 Å². The van der Waals surface area contributed by atoms with Crippen LogP contribution in [0.1, 0.15) is 17.2 Å². The molecule has 0 aliphatic carbocycles. The minimum absolute atomic E-state index is 0.108. The summed E-state index contributed by atoms with van der Waals surface area (Å²) in [6.07, 6.45) is 12.5. The highest BCUT2D eigenvalue weighted by Crippen LogP contribution is 2.42. The van der Waals surface area contributed by atoms with Crippen molar-refractivity contribution in [3.8, 4) is 78.1 Å². The Labute approximate surface area is 389 Å². The van der Waals surface area contributed by atoms with Crippen molar-refractivity contribution in [2.24, 2.45) is 0 Å². The molecule has 0 spiro atoms.